The van der Waals surface area contributed by atoms with Gasteiger partial charge in [-0.2, -0.15) is 0 Å². The Morgan fingerprint density at radius 2 is 1.30 bits per heavy atom. The number of hydrogen-bond acceptors (Lipinski definition) is 2. The number of benzene rings is 1. The van der Waals surface area contributed by atoms with Gasteiger partial charge >= 0.3 is 5.97 Å². The van der Waals surface area contributed by atoms with Crippen molar-refractivity contribution < 1.29 is 14.7 Å². The largest absolute Gasteiger partial charge is 0.478 e. The summed E-state index contributed by atoms with van der Waals surface area (Å²) < 4.78 is 0. The third kappa shape index (κ3) is 10.2. The van der Waals surface area contributed by atoms with Crippen molar-refractivity contribution in [2.24, 2.45) is 5.92 Å². The molecular weight excluding hydrogens is 338 g/mol. The van der Waals surface area contributed by atoms with E-state index in [1.165, 1.54) is 63.5 Å². The van der Waals surface area contributed by atoms with Crippen LogP contribution in [-0.2, 0) is 4.79 Å². The molecule has 2 N–H and O–H groups in total. The molecule has 0 heterocycles. The average molecular weight is 376 g/mol. The molecule has 0 aromatic heterocycles. The molecule has 4 nitrogen and oxygen atoms in total. The molecule has 152 valence electrons. The number of amides is 1. The molecule has 0 saturated carbocycles. The minimum Gasteiger partial charge on any atom is -0.478 e. The van der Waals surface area contributed by atoms with Gasteiger partial charge in [0.1, 0.15) is 0 Å². The van der Waals surface area contributed by atoms with E-state index < -0.39 is 5.97 Å². The number of carboxylic acids is 1. The van der Waals surface area contributed by atoms with Crippen molar-refractivity contribution in [1.82, 2.24) is 0 Å². The maximum atomic E-state index is 12.7. The third-order valence-corrected chi connectivity index (χ3v) is 5.08. The van der Waals surface area contributed by atoms with E-state index in [1.807, 2.05) is 0 Å². The van der Waals surface area contributed by atoms with Crippen molar-refractivity contribution in [2.75, 3.05) is 5.32 Å². The lowest BCUT2D eigenvalue weighted by Crippen LogP contribution is -2.23. The van der Waals surface area contributed by atoms with E-state index in [-0.39, 0.29) is 17.4 Å². The van der Waals surface area contributed by atoms with Crippen LogP contribution < -0.4 is 5.32 Å². The van der Waals surface area contributed by atoms with E-state index in [0.717, 1.165) is 25.7 Å². The van der Waals surface area contributed by atoms with Crippen LogP contribution in [0.5, 0.6) is 0 Å². The van der Waals surface area contributed by atoms with Crippen molar-refractivity contribution in [3.63, 3.8) is 0 Å². The first-order chi connectivity index (χ1) is 13.1. The number of aromatic carboxylic acids is 1. The summed E-state index contributed by atoms with van der Waals surface area (Å²) in [4.78, 5) is 23.7. The highest BCUT2D eigenvalue weighted by Crippen LogP contribution is 2.21. The lowest BCUT2D eigenvalue weighted by atomic mass is 9.93. The lowest BCUT2D eigenvalue weighted by Gasteiger charge is -2.17. The van der Waals surface area contributed by atoms with Crippen molar-refractivity contribution in [3.05, 3.63) is 29.8 Å². The van der Waals surface area contributed by atoms with Crippen LogP contribution in [0.3, 0.4) is 0 Å². The van der Waals surface area contributed by atoms with Crippen molar-refractivity contribution in [3.8, 4) is 0 Å². The number of carboxylic acid groups (broad SMARTS) is 1. The predicted octanol–water partition coefficient (Wildman–Crippen LogP) is 6.66. The van der Waals surface area contributed by atoms with Crippen LogP contribution in [0.1, 0.15) is 101 Å². The van der Waals surface area contributed by atoms with Gasteiger partial charge in [0.05, 0.1) is 5.56 Å². The minimum absolute atomic E-state index is 0.0483. The van der Waals surface area contributed by atoms with Gasteiger partial charge in [0.2, 0.25) is 5.91 Å². The van der Waals surface area contributed by atoms with Gasteiger partial charge in [0, 0.05) is 11.6 Å². The molecular formula is C23H37NO3. The number of carbonyl (C=O) groups is 2. The molecule has 0 spiro atoms. The van der Waals surface area contributed by atoms with E-state index >= 15 is 0 Å². The summed E-state index contributed by atoms with van der Waals surface area (Å²) in [5.41, 5.74) is 0.905. The standard InChI is InChI=1S/C23H37NO3/c1-3-5-7-9-10-12-14-19(13-11-8-6-4-2)22(25)24-21-17-15-20(16-18-21)23(26)27/h15-19H,3-14H2,1-2H3,(H,24,25)(H,26,27). The molecule has 0 saturated heterocycles. The number of carbonyl (C=O) groups excluding carboxylic acids is 1. The monoisotopic (exact) mass is 375 g/mol. The van der Waals surface area contributed by atoms with Gasteiger partial charge in [-0.05, 0) is 37.1 Å². The second-order valence-corrected chi connectivity index (χ2v) is 7.47. The minimum atomic E-state index is -0.954. The zero-order valence-corrected chi connectivity index (χ0v) is 17.1. The summed E-state index contributed by atoms with van der Waals surface area (Å²) in [6, 6.07) is 6.39. The number of anilines is 1. The first-order valence-electron chi connectivity index (χ1n) is 10.7. The van der Waals surface area contributed by atoms with Crippen molar-refractivity contribution in [2.45, 2.75) is 90.9 Å². The van der Waals surface area contributed by atoms with Gasteiger partial charge < -0.3 is 10.4 Å². The van der Waals surface area contributed by atoms with Gasteiger partial charge in [0.25, 0.3) is 0 Å². The van der Waals surface area contributed by atoms with Gasteiger partial charge in [0.15, 0.2) is 0 Å². The normalized spacial score (nSPS) is 11.9. The van der Waals surface area contributed by atoms with E-state index in [2.05, 4.69) is 19.2 Å². The highest BCUT2D eigenvalue weighted by molar-refractivity contribution is 5.93. The lowest BCUT2D eigenvalue weighted by molar-refractivity contribution is -0.120. The van der Waals surface area contributed by atoms with Crippen LogP contribution in [0.25, 0.3) is 0 Å². The van der Waals surface area contributed by atoms with Crippen LogP contribution in [0.4, 0.5) is 5.69 Å². The highest BCUT2D eigenvalue weighted by atomic mass is 16.4. The van der Waals surface area contributed by atoms with Crippen LogP contribution in [-0.4, -0.2) is 17.0 Å². The molecule has 1 aromatic carbocycles. The van der Waals surface area contributed by atoms with Crippen LogP contribution in [0.15, 0.2) is 24.3 Å². The van der Waals surface area contributed by atoms with Gasteiger partial charge in [-0.3, -0.25) is 4.79 Å². The fraction of sp³-hybridized carbons (Fsp3) is 0.652. The summed E-state index contributed by atoms with van der Waals surface area (Å²) in [6.45, 7) is 4.42. The summed E-state index contributed by atoms with van der Waals surface area (Å²) in [6.07, 6.45) is 14.0. The second kappa shape index (κ2) is 14.2. The Bertz CT molecular complexity index is 539. The summed E-state index contributed by atoms with van der Waals surface area (Å²) >= 11 is 0. The molecule has 0 aliphatic carbocycles. The maximum Gasteiger partial charge on any atom is 0.335 e. The van der Waals surface area contributed by atoms with E-state index in [4.69, 9.17) is 5.11 Å². The number of hydrogen-bond donors (Lipinski definition) is 2. The van der Waals surface area contributed by atoms with E-state index in [0.29, 0.717) is 5.69 Å². The van der Waals surface area contributed by atoms with Gasteiger partial charge in [-0.1, -0.05) is 78.1 Å². The first kappa shape index (κ1) is 23.2. The second-order valence-electron chi connectivity index (χ2n) is 7.47. The Morgan fingerprint density at radius 3 is 1.81 bits per heavy atom. The fourth-order valence-electron chi connectivity index (χ4n) is 3.34. The maximum absolute atomic E-state index is 12.7. The third-order valence-electron chi connectivity index (χ3n) is 5.08. The molecule has 1 unspecified atom stereocenters. The Balaban J connectivity index is 2.52. The molecule has 4 heteroatoms. The Morgan fingerprint density at radius 1 is 0.815 bits per heavy atom. The van der Waals surface area contributed by atoms with Crippen LogP contribution in [0, 0.1) is 5.92 Å². The molecule has 0 aliphatic rings. The number of nitrogens with one attached hydrogen (secondary N) is 1. The zero-order valence-electron chi connectivity index (χ0n) is 17.1. The zero-order chi connectivity index (χ0) is 19.9. The quantitative estimate of drug-likeness (QED) is 0.337. The molecule has 1 atom stereocenters. The van der Waals surface area contributed by atoms with Crippen molar-refractivity contribution in [1.29, 1.82) is 0 Å². The highest BCUT2D eigenvalue weighted by Gasteiger charge is 2.18. The molecule has 1 amide bonds. The molecule has 0 fully saturated rings. The van der Waals surface area contributed by atoms with Gasteiger partial charge in [-0.25, -0.2) is 4.79 Å². The molecule has 0 aliphatic heterocycles. The molecule has 1 aromatic rings. The van der Waals surface area contributed by atoms with Crippen LogP contribution in [0.2, 0.25) is 0 Å². The van der Waals surface area contributed by atoms with Crippen LogP contribution >= 0.6 is 0 Å². The Kier molecular flexibility index (Phi) is 12.2. The summed E-state index contributed by atoms with van der Waals surface area (Å²) in [5.74, 6) is -0.833. The van der Waals surface area contributed by atoms with Gasteiger partial charge in [-0.15, -0.1) is 0 Å². The SMILES string of the molecule is CCCCCCCCC(CCCCCC)C(=O)Nc1ccc(C(=O)O)cc1. The molecule has 1 rings (SSSR count). The predicted molar refractivity (Wildman–Crippen MR) is 112 cm³/mol. The fourth-order valence-corrected chi connectivity index (χ4v) is 3.34. The smallest absolute Gasteiger partial charge is 0.335 e. The average Bonchev–Trinajstić information content (AvgIpc) is 2.66. The molecule has 0 bridgehead atoms. The summed E-state index contributed by atoms with van der Waals surface area (Å²) in [7, 11) is 0. The van der Waals surface area contributed by atoms with Crippen molar-refractivity contribution >= 4 is 17.6 Å². The van der Waals surface area contributed by atoms with E-state index in [9.17, 15) is 9.59 Å². The first-order valence-corrected chi connectivity index (χ1v) is 10.7. The number of unbranched alkanes of at least 4 members (excludes halogenated alkanes) is 8. The Hall–Kier alpha value is -1.84. The molecule has 0 radical (unpaired) electrons. The summed E-state index contributed by atoms with van der Waals surface area (Å²) in [5, 5.41) is 12.0. The Labute approximate surface area is 164 Å². The van der Waals surface area contributed by atoms with E-state index in [1.54, 1.807) is 12.1 Å². The molecule has 27 heavy (non-hydrogen) atoms. The topological polar surface area (TPSA) is 66.4 Å². The number of rotatable bonds is 15.